The zero-order chi connectivity index (χ0) is 37.9. The second kappa shape index (κ2) is 22.2. The molecule has 0 unspecified atom stereocenters. The van der Waals surface area contributed by atoms with Crippen LogP contribution < -0.4 is 43.4 Å². The van der Waals surface area contributed by atoms with Gasteiger partial charge < -0.3 is 48.4 Å². The predicted octanol–water partition coefficient (Wildman–Crippen LogP) is -0.729. The van der Waals surface area contributed by atoms with Gasteiger partial charge in [-0.25, -0.2) is 0 Å². The third-order valence-electron chi connectivity index (χ3n) is 8.24. The first-order valence-corrected chi connectivity index (χ1v) is 17.8. The SMILES string of the molecule is CC(=O)N[C@@H](CCCCNC=O)C(=O)N[C@H](C(=O)N[C@@H](CCCCN)C(=O)N[C@@H](CS)C(=O)N[C@@H](Cc1c[nH]c2ccccc12)C(N)=O)C(C)C. The molecule has 51 heavy (non-hydrogen) atoms. The number of carbonyl (C=O) groups is 7. The lowest BCUT2D eigenvalue weighted by Crippen LogP contribution is -2.60. The minimum atomic E-state index is -1.18. The molecule has 7 amide bonds. The Morgan fingerprint density at radius 3 is 2.00 bits per heavy atom. The number of aromatic nitrogens is 1. The number of benzene rings is 1. The molecule has 0 aliphatic carbocycles. The fourth-order valence-corrected chi connectivity index (χ4v) is 5.70. The zero-order valence-corrected chi connectivity index (χ0v) is 30.4. The topological polar surface area (TPSA) is 260 Å². The largest absolute Gasteiger partial charge is 0.368 e. The van der Waals surface area contributed by atoms with E-state index in [1.54, 1.807) is 20.0 Å². The number of nitrogens with one attached hydrogen (secondary N) is 7. The highest BCUT2D eigenvalue weighted by Crippen LogP contribution is 2.19. The van der Waals surface area contributed by atoms with E-state index < -0.39 is 71.6 Å². The van der Waals surface area contributed by atoms with Crippen LogP contribution in [0.4, 0.5) is 0 Å². The van der Waals surface area contributed by atoms with Gasteiger partial charge in [-0.15, -0.1) is 0 Å². The summed E-state index contributed by atoms with van der Waals surface area (Å²) in [6.07, 6.45) is 5.02. The van der Waals surface area contributed by atoms with Gasteiger partial charge >= 0.3 is 0 Å². The molecule has 2 rings (SSSR count). The maximum absolute atomic E-state index is 13.6. The first-order chi connectivity index (χ1) is 24.3. The van der Waals surface area contributed by atoms with Crippen molar-refractivity contribution in [1.82, 2.24) is 36.9 Å². The number of unbranched alkanes of at least 4 members (excludes halogenated alkanes) is 2. The Balaban J connectivity index is 2.15. The van der Waals surface area contributed by atoms with Gasteiger partial charge in [0.2, 0.25) is 41.9 Å². The second-order valence-electron chi connectivity index (χ2n) is 12.7. The molecule has 0 saturated heterocycles. The summed E-state index contributed by atoms with van der Waals surface area (Å²) in [5, 5.41) is 16.7. The van der Waals surface area contributed by atoms with Crippen LogP contribution in [0.25, 0.3) is 10.9 Å². The summed E-state index contributed by atoms with van der Waals surface area (Å²) in [5.74, 6) is -4.29. The van der Waals surface area contributed by atoms with Crippen LogP contribution in [0.2, 0.25) is 0 Å². The quantitative estimate of drug-likeness (QED) is 0.0373. The van der Waals surface area contributed by atoms with Gasteiger partial charge in [0, 0.05) is 42.7 Å². The van der Waals surface area contributed by atoms with E-state index in [9.17, 15) is 33.6 Å². The van der Waals surface area contributed by atoms with Gasteiger partial charge in [0.05, 0.1) is 0 Å². The van der Waals surface area contributed by atoms with Gasteiger partial charge in [-0.1, -0.05) is 32.0 Å². The molecule has 1 aromatic carbocycles. The molecule has 0 saturated carbocycles. The summed E-state index contributed by atoms with van der Waals surface area (Å²) >= 11 is 4.25. The molecule has 282 valence electrons. The first-order valence-electron chi connectivity index (χ1n) is 17.1. The van der Waals surface area contributed by atoms with Crippen molar-refractivity contribution in [3.8, 4) is 0 Å². The Morgan fingerprint density at radius 2 is 1.39 bits per heavy atom. The average Bonchev–Trinajstić information content (AvgIpc) is 3.50. The van der Waals surface area contributed by atoms with Crippen LogP contribution in [0, 0.1) is 5.92 Å². The first kappa shape index (κ1) is 42.5. The van der Waals surface area contributed by atoms with Crippen molar-refractivity contribution in [2.24, 2.45) is 17.4 Å². The van der Waals surface area contributed by atoms with Gasteiger partial charge in [-0.3, -0.25) is 33.6 Å². The summed E-state index contributed by atoms with van der Waals surface area (Å²) in [6, 6.07) is 2.12. The second-order valence-corrected chi connectivity index (χ2v) is 13.0. The molecule has 0 aliphatic rings. The molecule has 0 bridgehead atoms. The van der Waals surface area contributed by atoms with Crippen molar-refractivity contribution < 1.29 is 33.6 Å². The van der Waals surface area contributed by atoms with Crippen molar-refractivity contribution in [2.45, 2.75) is 95.9 Å². The molecule has 0 spiro atoms. The van der Waals surface area contributed by atoms with Crippen molar-refractivity contribution in [1.29, 1.82) is 0 Å². The Bertz CT molecular complexity index is 1480. The lowest BCUT2D eigenvalue weighted by Gasteiger charge is -2.28. The van der Waals surface area contributed by atoms with Crippen molar-refractivity contribution in [2.75, 3.05) is 18.8 Å². The molecule has 0 radical (unpaired) electrons. The minimum absolute atomic E-state index is 0.110. The number of nitrogens with two attached hydrogens (primary N) is 2. The van der Waals surface area contributed by atoms with E-state index in [4.69, 9.17) is 11.5 Å². The van der Waals surface area contributed by atoms with Crippen LogP contribution in [0.3, 0.4) is 0 Å². The molecular formula is C34H53N9O7S. The van der Waals surface area contributed by atoms with Gasteiger partial charge in [0.15, 0.2) is 0 Å². The van der Waals surface area contributed by atoms with Crippen molar-refractivity contribution in [3.63, 3.8) is 0 Å². The summed E-state index contributed by atoms with van der Waals surface area (Å²) in [6.45, 7) is 5.49. The molecule has 2 aromatic rings. The Hall–Kier alpha value is -4.64. The lowest BCUT2D eigenvalue weighted by atomic mass is 10.0. The minimum Gasteiger partial charge on any atom is -0.368 e. The Kier molecular flexibility index (Phi) is 18.5. The highest BCUT2D eigenvalue weighted by atomic mass is 32.1. The molecule has 1 heterocycles. The molecule has 0 fully saturated rings. The maximum atomic E-state index is 13.6. The monoisotopic (exact) mass is 731 g/mol. The highest BCUT2D eigenvalue weighted by Gasteiger charge is 2.33. The Labute approximate surface area is 303 Å². The number of amides is 7. The normalized spacial score (nSPS) is 14.0. The van der Waals surface area contributed by atoms with E-state index in [0.29, 0.717) is 45.2 Å². The molecule has 0 aliphatic heterocycles. The highest BCUT2D eigenvalue weighted by molar-refractivity contribution is 7.80. The number of hydrogen-bond donors (Lipinski definition) is 10. The fourth-order valence-electron chi connectivity index (χ4n) is 5.44. The molecular weight excluding hydrogens is 678 g/mol. The number of thiol groups is 1. The van der Waals surface area contributed by atoms with Crippen LogP contribution in [-0.4, -0.2) is 95.9 Å². The summed E-state index contributed by atoms with van der Waals surface area (Å²) in [7, 11) is 0. The predicted molar refractivity (Wildman–Crippen MR) is 196 cm³/mol. The maximum Gasteiger partial charge on any atom is 0.244 e. The van der Waals surface area contributed by atoms with Crippen LogP contribution >= 0.6 is 12.6 Å². The average molecular weight is 732 g/mol. The van der Waals surface area contributed by atoms with E-state index in [0.717, 1.165) is 16.5 Å². The van der Waals surface area contributed by atoms with Crippen LogP contribution in [0.15, 0.2) is 30.5 Å². The smallest absolute Gasteiger partial charge is 0.244 e. The third kappa shape index (κ3) is 14.3. The van der Waals surface area contributed by atoms with Crippen LogP contribution in [0.1, 0.15) is 64.9 Å². The van der Waals surface area contributed by atoms with E-state index in [-0.39, 0.29) is 25.0 Å². The molecule has 16 nitrogen and oxygen atoms in total. The summed E-state index contributed by atoms with van der Waals surface area (Å²) < 4.78 is 0. The number of primary amides is 1. The number of fused-ring (bicyclic) bond motifs is 1. The molecule has 11 N–H and O–H groups in total. The number of hydrogen-bond acceptors (Lipinski definition) is 9. The van der Waals surface area contributed by atoms with E-state index in [1.165, 1.54) is 6.92 Å². The third-order valence-corrected chi connectivity index (χ3v) is 8.61. The summed E-state index contributed by atoms with van der Waals surface area (Å²) in [5.41, 5.74) is 12.9. The number of rotatable bonds is 24. The number of aromatic amines is 1. The standard InChI is InChI=1S/C34H53N9O7S/c1-20(2)29(43-32(48)25(39-21(3)45)13-7-9-15-37-19-44)34(50)40-26(12-6-8-14-35)31(47)42-28(18-51)33(49)41-27(30(36)46)16-22-17-38-24-11-5-4-10-23(22)24/h4-5,10-11,17,19-20,25-29,38,51H,6-9,12-16,18,35H2,1-3H3,(H2,36,46)(H,37,44)(H,39,45)(H,40,50)(H,41,49)(H,42,47)(H,43,48)/t25-,26-,27-,28-,29-/m0/s1. The molecule has 5 atom stereocenters. The van der Waals surface area contributed by atoms with E-state index in [2.05, 4.69) is 49.5 Å². The van der Waals surface area contributed by atoms with E-state index >= 15 is 0 Å². The van der Waals surface area contributed by atoms with Gasteiger partial charge in [0.1, 0.15) is 30.2 Å². The molecule has 1 aromatic heterocycles. The van der Waals surface area contributed by atoms with Gasteiger partial charge in [0.25, 0.3) is 0 Å². The van der Waals surface area contributed by atoms with E-state index in [1.807, 2.05) is 24.3 Å². The number of H-pyrrole nitrogens is 1. The van der Waals surface area contributed by atoms with Crippen LogP contribution in [-0.2, 0) is 40.0 Å². The van der Waals surface area contributed by atoms with Crippen molar-refractivity contribution >= 4 is 65.4 Å². The fraction of sp³-hybridized carbons (Fsp3) is 0.559. The number of carbonyl (C=O) groups excluding carboxylic acids is 7. The molecule has 17 heteroatoms. The van der Waals surface area contributed by atoms with Gasteiger partial charge in [-0.2, -0.15) is 12.6 Å². The zero-order valence-electron chi connectivity index (χ0n) is 29.5. The van der Waals surface area contributed by atoms with Crippen molar-refractivity contribution in [3.05, 3.63) is 36.0 Å². The van der Waals surface area contributed by atoms with Gasteiger partial charge in [-0.05, 0) is 62.6 Å². The summed E-state index contributed by atoms with van der Waals surface area (Å²) in [4.78, 5) is 91.5. The van der Waals surface area contributed by atoms with Crippen LogP contribution in [0.5, 0.6) is 0 Å². The lowest BCUT2D eigenvalue weighted by molar-refractivity contribution is -0.135. The number of para-hydroxylation sites is 1. The Morgan fingerprint density at radius 1 is 0.804 bits per heavy atom.